The Hall–Kier alpha value is -1.09. The molecule has 0 fully saturated rings. The van der Waals surface area contributed by atoms with E-state index in [1.807, 2.05) is 6.92 Å². The Labute approximate surface area is 92.7 Å². The average molecular weight is 228 g/mol. The molecule has 1 heterocycles. The second kappa shape index (κ2) is 4.19. The molecular formula is C11H11ClFNO. The lowest BCUT2D eigenvalue weighted by Crippen LogP contribution is -2.18. The van der Waals surface area contributed by atoms with Crippen LogP contribution in [0.5, 0.6) is 0 Å². The van der Waals surface area contributed by atoms with Crippen LogP contribution in [0, 0.1) is 5.82 Å². The highest BCUT2D eigenvalue weighted by atomic mass is 35.5. The van der Waals surface area contributed by atoms with Gasteiger partial charge in [-0.15, -0.1) is 11.6 Å². The summed E-state index contributed by atoms with van der Waals surface area (Å²) in [5.74, 6) is -0.250. The molecule has 15 heavy (non-hydrogen) atoms. The van der Waals surface area contributed by atoms with E-state index in [0.29, 0.717) is 6.42 Å². The van der Waals surface area contributed by atoms with Crippen molar-refractivity contribution in [1.82, 2.24) is 0 Å². The van der Waals surface area contributed by atoms with E-state index in [2.05, 4.69) is 5.16 Å². The molecule has 2 rings (SSSR count). The molecule has 80 valence electrons. The monoisotopic (exact) mass is 227 g/mol. The van der Waals surface area contributed by atoms with Gasteiger partial charge in [-0.25, -0.2) is 4.39 Å². The summed E-state index contributed by atoms with van der Waals surface area (Å²) in [7, 11) is 0. The molecule has 0 amide bonds. The van der Waals surface area contributed by atoms with Gasteiger partial charge in [0.1, 0.15) is 11.9 Å². The van der Waals surface area contributed by atoms with Gasteiger partial charge in [-0.1, -0.05) is 17.3 Å². The Balaban J connectivity index is 2.11. The summed E-state index contributed by atoms with van der Waals surface area (Å²) >= 11 is 5.90. The topological polar surface area (TPSA) is 21.6 Å². The second-order valence-electron chi connectivity index (χ2n) is 3.57. The van der Waals surface area contributed by atoms with Crippen LogP contribution in [0.1, 0.15) is 18.9 Å². The van der Waals surface area contributed by atoms with Crippen LogP contribution < -0.4 is 0 Å². The maximum atomic E-state index is 12.7. The van der Waals surface area contributed by atoms with Gasteiger partial charge in [0.25, 0.3) is 0 Å². The van der Waals surface area contributed by atoms with Crippen molar-refractivity contribution >= 4 is 17.3 Å². The molecule has 0 aromatic heterocycles. The van der Waals surface area contributed by atoms with E-state index in [-0.39, 0.29) is 17.3 Å². The molecule has 4 heteroatoms. The third-order valence-corrected chi connectivity index (χ3v) is 2.66. The highest BCUT2D eigenvalue weighted by Gasteiger charge is 2.25. The highest BCUT2D eigenvalue weighted by molar-refractivity contribution is 6.21. The first-order chi connectivity index (χ1) is 7.16. The van der Waals surface area contributed by atoms with Gasteiger partial charge in [-0.2, -0.15) is 0 Å². The molecule has 0 saturated heterocycles. The fraction of sp³-hybridized carbons (Fsp3) is 0.364. The number of oxime groups is 1. The number of halogens is 2. The zero-order chi connectivity index (χ0) is 10.8. The Kier molecular flexibility index (Phi) is 2.91. The minimum Gasteiger partial charge on any atom is -0.390 e. The molecule has 2 unspecified atom stereocenters. The molecule has 0 saturated carbocycles. The van der Waals surface area contributed by atoms with E-state index in [9.17, 15) is 4.39 Å². The van der Waals surface area contributed by atoms with Crippen LogP contribution >= 0.6 is 11.6 Å². The Morgan fingerprint density at radius 2 is 2.13 bits per heavy atom. The molecule has 0 spiro atoms. The fourth-order valence-electron chi connectivity index (χ4n) is 1.46. The summed E-state index contributed by atoms with van der Waals surface area (Å²) < 4.78 is 12.7. The van der Waals surface area contributed by atoms with E-state index < -0.39 is 0 Å². The number of nitrogens with zero attached hydrogens (tertiary/aromatic N) is 1. The van der Waals surface area contributed by atoms with Crippen molar-refractivity contribution in [3.8, 4) is 0 Å². The molecule has 1 aromatic rings. The van der Waals surface area contributed by atoms with Gasteiger partial charge in [-0.05, 0) is 24.6 Å². The van der Waals surface area contributed by atoms with Crippen LogP contribution in [0.2, 0.25) is 0 Å². The van der Waals surface area contributed by atoms with Crippen LogP contribution in [0.4, 0.5) is 4.39 Å². The number of hydrogen-bond donors (Lipinski definition) is 0. The Morgan fingerprint density at radius 3 is 2.67 bits per heavy atom. The number of rotatable bonds is 2. The maximum absolute atomic E-state index is 12.7. The van der Waals surface area contributed by atoms with E-state index in [1.54, 1.807) is 12.1 Å². The van der Waals surface area contributed by atoms with Gasteiger partial charge in [0.2, 0.25) is 0 Å². The minimum absolute atomic E-state index is 0.0771. The average Bonchev–Trinajstić information content (AvgIpc) is 2.68. The number of benzene rings is 1. The molecule has 2 nitrogen and oxygen atoms in total. The molecule has 0 N–H and O–H groups in total. The van der Waals surface area contributed by atoms with Gasteiger partial charge in [0.05, 0.1) is 11.1 Å². The lowest BCUT2D eigenvalue weighted by molar-refractivity contribution is 0.0855. The van der Waals surface area contributed by atoms with E-state index in [0.717, 1.165) is 11.3 Å². The van der Waals surface area contributed by atoms with Gasteiger partial charge < -0.3 is 4.84 Å². The predicted molar refractivity (Wildman–Crippen MR) is 57.7 cm³/mol. The van der Waals surface area contributed by atoms with Crippen LogP contribution in [0.3, 0.4) is 0 Å². The van der Waals surface area contributed by atoms with Gasteiger partial charge in [-0.3, -0.25) is 0 Å². The normalized spacial score (nSPS) is 22.1. The maximum Gasteiger partial charge on any atom is 0.149 e. The van der Waals surface area contributed by atoms with Crippen molar-refractivity contribution in [2.45, 2.75) is 24.8 Å². The van der Waals surface area contributed by atoms with Crippen LogP contribution in [0.25, 0.3) is 0 Å². The van der Waals surface area contributed by atoms with Gasteiger partial charge >= 0.3 is 0 Å². The molecular weight excluding hydrogens is 217 g/mol. The summed E-state index contributed by atoms with van der Waals surface area (Å²) in [5, 5.41) is 3.87. The van der Waals surface area contributed by atoms with Crippen molar-refractivity contribution in [1.29, 1.82) is 0 Å². The molecule has 2 atom stereocenters. The van der Waals surface area contributed by atoms with E-state index in [1.165, 1.54) is 12.1 Å². The largest absolute Gasteiger partial charge is 0.390 e. The zero-order valence-electron chi connectivity index (χ0n) is 8.28. The van der Waals surface area contributed by atoms with Gasteiger partial charge in [0, 0.05) is 6.42 Å². The summed E-state index contributed by atoms with van der Waals surface area (Å²) in [4.78, 5) is 5.17. The van der Waals surface area contributed by atoms with Gasteiger partial charge in [0.15, 0.2) is 0 Å². The first-order valence-electron chi connectivity index (χ1n) is 4.79. The minimum atomic E-state index is -0.250. The molecule has 0 bridgehead atoms. The lowest BCUT2D eigenvalue weighted by Gasteiger charge is -2.08. The second-order valence-corrected chi connectivity index (χ2v) is 4.26. The summed E-state index contributed by atoms with van der Waals surface area (Å²) in [5.41, 5.74) is 1.71. The first-order valence-corrected chi connectivity index (χ1v) is 5.23. The van der Waals surface area contributed by atoms with Crippen molar-refractivity contribution in [3.05, 3.63) is 35.6 Å². The van der Waals surface area contributed by atoms with Crippen molar-refractivity contribution < 1.29 is 9.23 Å². The Morgan fingerprint density at radius 1 is 1.47 bits per heavy atom. The summed E-state index contributed by atoms with van der Waals surface area (Å²) in [6.07, 6.45) is 0.600. The highest BCUT2D eigenvalue weighted by Crippen LogP contribution is 2.21. The number of hydrogen-bond acceptors (Lipinski definition) is 2. The van der Waals surface area contributed by atoms with Crippen molar-refractivity contribution in [2.24, 2.45) is 5.16 Å². The number of alkyl halides is 1. The lowest BCUT2D eigenvalue weighted by atomic mass is 10.0. The first kappa shape index (κ1) is 10.4. The SMILES string of the molecule is CC(Cl)C1CC(c2ccc(F)cc2)=NO1. The smallest absolute Gasteiger partial charge is 0.149 e. The predicted octanol–water partition coefficient (Wildman–Crippen LogP) is 2.95. The standard InChI is InChI=1S/C11H11ClFNO/c1-7(12)11-6-10(14-15-11)8-2-4-9(13)5-3-8/h2-5,7,11H,6H2,1H3. The Bertz CT molecular complexity index is 375. The van der Waals surface area contributed by atoms with E-state index >= 15 is 0 Å². The summed E-state index contributed by atoms with van der Waals surface area (Å²) in [6.45, 7) is 1.87. The molecule has 1 aliphatic rings. The summed E-state index contributed by atoms with van der Waals surface area (Å²) in [6, 6.07) is 6.21. The zero-order valence-corrected chi connectivity index (χ0v) is 9.04. The third-order valence-electron chi connectivity index (χ3n) is 2.38. The van der Waals surface area contributed by atoms with E-state index in [4.69, 9.17) is 16.4 Å². The molecule has 1 aliphatic heterocycles. The molecule has 0 aliphatic carbocycles. The molecule has 0 radical (unpaired) electrons. The van der Waals surface area contributed by atoms with Crippen molar-refractivity contribution in [3.63, 3.8) is 0 Å². The fourth-order valence-corrected chi connectivity index (χ4v) is 1.59. The van der Waals surface area contributed by atoms with Crippen LogP contribution in [-0.4, -0.2) is 17.2 Å². The molecule has 1 aromatic carbocycles. The quantitative estimate of drug-likeness (QED) is 0.712. The van der Waals surface area contributed by atoms with Crippen LogP contribution in [0.15, 0.2) is 29.4 Å². The van der Waals surface area contributed by atoms with Crippen LogP contribution in [-0.2, 0) is 4.84 Å². The third kappa shape index (κ3) is 2.29. The van der Waals surface area contributed by atoms with Crippen molar-refractivity contribution in [2.75, 3.05) is 0 Å².